The maximum Gasteiger partial charge on any atom is 0.221 e. The Bertz CT molecular complexity index is 487. The van der Waals surface area contributed by atoms with E-state index >= 15 is 0 Å². The zero-order chi connectivity index (χ0) is 16.4. The van der Waals surface area contributed by atoms with Crippen LogP contribution in [0.2, 0.25) is 0 Å². The normalized spacial score (nSPS) is 12.6. The van der Waals surface area contributed by atoms with Crippen LogP contribution in [0.15, 0.2) is 29.3 Å². The molecule has 6 heteroatoms. The first-order valence-corrected chi connectivity index (χ1v) is 7.53. The minimum atomic E-state index is -0.251. The predicted octanol–water partition coefficient (Wildman–Crippen LogP) is 1.80. The summed E-state index contributed by atoms with van der Waals surface area (Å²) in [6, 6.07) is 6.48. The van der Waals surface area contributed by atoms with E-state index in [9.17, 15) is 9.18 Å². The molecule has 0 fully saturated rings. The van der Waals surface area contributed by atoms with E-state index in [1.165, 1.54) is 12.1 Å². The smallest absolute Gasteiger partial charge is 0.221 e. The third kappa shape index (κ3) is 7.06. The fraction of sp³-hybridized carbons (Fsp3) is 0.500. The number of nitrogens with one attached hydrogen (secondary N) is 3. The van der Waals surface area contributed by atoms with Gasteiger partial charge in [0, 0.05) is 32.6 Å². The third-order valence-corrected chi connectivity index (χ3v) is 3.26. The monoisotopic (exact) mass is 308 g/mol. The molecule has 0 bridgehead atoms. The fourth-order valence-electron chi connectivity index (χ4n) is 1.75. The highest BCUT2D eigenvalue weighted by molar-refractivity contribution is 5.81. The van der Waals surface area contributed by atoms with E-state index in [0.717, 1.165) is 12.0 Å². The van der Waals surface area contributed by atoms with Crippen LogP contribution in [0.5, 0.6) is 0 Å². The molecule has 0 aliphatic rings. The minimum absolute atomic E-state index is 0.0239. The van der Waals surface area contributed by atoms with Gasteiger partial charge in [0.05, 0.1) is 0 Å². The summed E-state index contributed by atoms with van der Waals surface area (Å²) >= 11 is 0. The highest BCUT2D eigenvalue weighted by atomic mass is 19.1. The number of guanidine groups is 1. The van der Waals surface area contributed by atoms with Crippen molar-refractivity contribution in [3.05, 3.63) is 35.6 Å². The van der Waals surface area contributed by atoms with Crippen LogP contribution in [0.3, 0.4) is 0 Å². The second-order valence-electron chi connectivity index (χ2n) is 5.11. The van der Waals surface area contributed by atoms with Gasteiger partial charge in [-0.25, -0.2) is 4.39 Å². The molecule has 0 saturated heterocycles. The molecule has 0 heterocycles. The summed E-state index contributed by atoms with van der Waals surface area (Å²) in [7, 11) is 1.67. The van der Waals surface area contributed by atoms with E-state index in [1.54, 1.807) is 19.2 Å². The van der Waals surface area contributed by atoms with Crippen LogP contribution in [0.1, 0.15) is 32.3 Å². The number of amides is 1. The molecule has 0 aliphatic carbocycles. The molecule has 3 N–H and O–H groups in total. The predicted molar refractivity (Wildman–Crippen MR) is 87.1 cm³/mol. The zero-order valence-electron chi connectivity index (χ0n) is 13.4. The van der Waals surface area contributed by atoms with Crippen LogP contribution >= 0.6 is 0 Å². The number of hydrogen-bond acceptors (Lipinski definition) is 2. The lowest BCUT2D eigenvalue weighted by Crippen LogP contribution is -2.40. The molecule has 0 aliphatic heterocycles. The minimum Gasteiger partial charge on any atom is -0.356 e. The Morgan fingerprint density at radius 1 is 1.27 bits per heavy atom. The maximum atomic E-state index is 12.8. The number of carbonyl (C=O) groups is 1. The number of hydrogen-bond donors (Lipinski definition) is 3. The van der Waals surface area contributed by atoms with Crippen molar-refractivity contribution in [2.75, 3.05) is 13.6 Å². The van der Waals surface area contributed by atoms with E-state index < -0.39 is 0 Å². The molecular weight excluding hydrogens is 283 g/mol. The van der Waals surface area contributed by atoms with Gasteiger partial charge in [0.25, 0.3) is 0 Å². The van der Waals surface area contributed by atoms with Crippen LogP contribution in [-0.4, -0.2) is 31.5 Å². The van der Waals surface area contributed by atoms with Crippen LogP contribution in [0.25, 0.3) is 0 Å². The second-order valence-corrected chi connectivity index (χ2v) is 5.11. The summed E-state index contributed by atoms with van der Waals surface area (Å²) in [4.78, 5) is 15.7. The SMILES string of the molecule is CCC(C)NC(=O)CCNC(=NC)NCc1ccc(F)cc1. The van der Waals surface area contributed by atoms with Crippen molar-refractivity contribution in [3.8, 4) is 0 Å². The average molecular weight is 308 g/mol. The Morgan fingerprint density at radius 3 is 2.55 bits per heavy atom. The van der Waals surface area contributed by atoms with Gasteiger partial charge >= 0.3 is 0 Å². The standard InChI is InChI=1S/C16H25FN4O/c1-4-12(2)21-15(22)9-10-19-16(18-3)20-11-13-5-7-14(17)8-6-13/h5-8,12H,4,9-11H2,1-3H3,(H,21,22)(H2,18,19,20). The number of benzene rings is 1. The molecule has 0 spiro atoms. The molecule has 0 aromatic heterocycles. The summed E-state index contributed by atoms with van der Waals surface area (Å²) in [5.74, 6) is 0.384. The molecule has 0 radical (unpaired) electrons. The van der Waals surface area contributed by atoms with E-state index in [4.69, 9.17) is 0 Å². The van der Waals surface area contributed by atoms with Gasteiger partial charge in [-0.2, -0.15) is 0 Å². The van der Waals surface area contributed by atoms with Crippen molar-refractivity contribution in [1.29, 1.82) is 0 Å². The summed E-state index contributed by atoms with van der Waals surface area (Å²) in [6.07, 6.45) is 1.31. The van der Waals surface area contributed by atoms with Crippen LogP contribution in [0.4, 0.5) is 4.39 Å². The quantitative estimate of drug-likeness (QED) is 0.531. The number of rotatable bonds is 7. The topological polar surface area (TPSA) is 65.5 Å². The van der Waals surface area contributed by atoms with Gasteiger partial charge in [-0.3, -0.25) is 9.79 Å². The summed E-state index contributed by atoms with van der Waals surface area (Å²) in [6.45, 7) is 5.06. The highest BCUT2D eigenvalue weighted by Gasteiger charge is 2.05. The van der Waals surface area contributed by atoms with E-state index in [0.29, 0.717) is 25.5 Å². The summed E-state index contributed by atoms with van der Waals surface area (Å²) in [5.41, 5.74) is 0.957. The van der Waals surface area contributed by atoms with E-state index in [-0.39, 0.29) is 17.8 Å². The first-order valence-electron chi connectivity index (χ1n) is 7.53. The van der Waals surface area contributed by atoms with Gasteiger partial charge in [-0.1, -0.05) is 19.1 Å². The van der Waals surface area contributed by atoms with E-state index in [2.05, 4.69) is 20.9 Å². The Labute approximate surface area is 131 Å². The van der Waals surface area contributed by atoms with Gasteiger partial charge in [0.1, 0.15) is 5.82 Å². The van der Waals surface area contributed by atoms with Crippen molar-refractivity contribution in [2.45, 2.75) is 39.3 Å². The van der Waals surface area contributed by atoms with Gasteiger partial charge in [0.15, 0.2) is 5.96 Å². The highest BCUT2D eigenvalue weighted by Crippen LogP contribution is 2.01. The molecular formula is C16H25FN4O. The Hall–Kier alpha value is -2.11. The molecule has 5 nitrogen and oxygen atoms in total. The summed E-state index contributed by atoms with van der Waals surface area (Å²) < 4.78 is 12.8. The number of carbonyl (C=O) groups excluding carboxylic acids is 1. The first kappa shape index (κ1) is 17.9. The van der Waals surface area contributed by atoms with Crippen LogP contribution in [0, 0.1) is 5.82 Å². The second kappa shape index (κ2) is 9.76. The molecule has 22 heavy (non-hydrogen) atoms. The number of nitrogens with zero attached hydrogens (tertiary/aromatic N) is 1. The lowest BCUT2D eigenvalue weighted by Gasteiger charge is -2.13. The Morgan fingerprint density at radius 2 is 1.95 bits per heavy atom. The average Bonchev–Trinajstić information content (AvgIpc) is 2.52. The molecule has 122 valence electrons. The molecule has 1 unspecified atom stereocenters. The zero-order valence-corrected chi connectivity index (χ0v) is 13.4. The lowest BCUT2D eigenvalue weighted by molar-refractivity contribution is -0.121. The van der Waals surface area contributed by atoms with Crippen molar-refractivity contribution >= 4 is 11.9 Å². The van der Waals surface area contributed by atoms with Gasteiger partial charge < -0.3 is 16.0 Å². The fourth-order valence-corrected chi connectivity index (χ4v) is 1.75. The molecule has 0 saturated carbocycles. The maximum absolute atomic E-state index is 12.8. The third-order valence-electron chi connectivity index (χ3n) is 3.26. The molecule has 1 amide bonds. The molecule has 1 atom stereocenters. The number of halogens is 1. The van der Waals surface area contributed by atoms with Crippen molar-refractivity contribution < 1.29 is 9.18 Å². The molecule has 1 aromatic carbocycles. The van der Waals surface area contributed by atoms with Crippen LogP contribution in [-0.2, 0) is 11.3 Å². The van der Waals surface area contributed by atoms with Crippen molar-refractivity contribution in [3.63, 3.8) is 0 Å². The van der Waals surface area contributed by atoms with Crippen molar-refractivity contribution in [2.24, 2.45) is 4.99 Å². The van der Waals surface area contributed by atoms with E-state index in [1.807, 2.05) is 13.8 Å². The molecule has 1 rings (SSSR count). The summed E-state index contributed by atoms with van der Waals surface area (Å²) in [5, 5.41) is 9.10. The van der Waals surface area contributed by atoms with Gasteiger partial charge in [-0.15, -0.1) is 0 Å². The van der Waals surface area contributed by atoms with Crippen LogP contribution < -0.4 is 16.0 Å². The Balaban J connectivity index is 2.28. The van der Waals surface area contributed by atoms with Gasteiger partial charge in [-0.05, 0) is 31.0 Å². The van der Waals surface area contributed by atoms with Gasteiger partial charge in [0.2, 0.25) is 5.91 Å². The Kier molecular flexibility index (Phi) is 7.96. The molecule has 1 aromatic rings. The first-order chi connectivity index (χ1) is 10.5. The van der Waals surface area contributed by atoms with Crippen molar-refractivity contribution in [1.82, 2.24) is 16.0 Å². The number of aliphatic imine (C=N–C) groups is 1. The lowest BCUT2D eigenvalue weighted by atomic mass is 10.2. The largest absolute Gasteiger partial charge is 0.356 e.